The summed E-state index contributed by atoms with van der Waals surface area (Å²) in [5.74, 6) is -0.0901. The summed E-state index contributed by atoms with van der Waals surface area (Å²) in [7, 11) is 0. The van der Waals surface area contributed by atoms with Crippen molar-refractivity contribution in [3.63, 3.8) is 0 Å². The van der Waals surface area contributed by atoms with Gasteiger partial charge in [-0.05, 0) is 53.6 Å². The zero-order chi connectivity index (χ0) is 26.7. The fourth-order valence-corrected chi connectivity index (χ4v) is 4.11. The van der Waals surface area contributed by atoms with E-state index in [1.54, 1.807) is 48.5 Å². The molecule has 0 heterocycles. The number of hydrogen-bond donors (Lipinski definition) is 2. The number of hydrogen-bond acceptors (Lipinski definition) is 4. The minimum Gasteiger partial charge on any atom is -0.488 e. The highest BCUT2D eigenvalue weighted by Gasteiger charge is 2.19. The molecule has 6 nitrogen and oxygen atoms in total. The Kier molecular flexibility index (Phi) is 9.51. The number of hydrazone groups is 1. The van der Waals surface area contributed by atoms with E-state index in [0.29, 0.717) is 33.5 Å². The van der Waals surface area contributed by atoms with Crippen molar-refractivity contribution in [1.29, 1.82) is 0 Å². The van der Waals surface area contributed by atoms with Gasteiger partial charge in [-0.3, -0.25) is 9.59 Å². The SMILES string of the molecule is O=C(C[C@@H](NC(=O)c1ccccc1)c1ccccc1)N/N=C\c1cc(Cl)ccc1OCc1cccc(Cl)c1. The molecular formula is C30H25Cl2N3O3. The fraction of sp³-hybridized carbons (Fsp3) is 0.100. The Labute approximate surface area is 231 Å². The average molecular weight is 546 g/mol. The molecule has 0 saturated carbocycles. The fourth-order valence-electron chi connectivity index (χ4n) is 3.71. The van der Waals surface area contributed by atoms with Crippen LogP contribution in [-0.2, 0) is 11.4 Å². The first-order valence-corrected chi connectivity index (χ1v) is 12.6. The topological polar surface area (TPSA) is 79.8 Å². The molecule has 0 saturated heterocycles. The molecule has 8 heteroatoms. The lowest BCUT2D eigenvalue weighted by molar-refractivity contribution is -0.121. The standard InChI is InChI=1S/C30H25Cl2N3O3/c31-25-13-7-8-21(16-25)20-38-28-15-14-26(32)17-24(28)19-33-35-29(36)18-27(22-9-3-1-4-10-22)34-30(37)23-11-5-2-6-12-23/h1-17,19,27H,18,20H2,(H,34,37)(H,35,36)/b33-19-/t27-/m1/s1. The Balaban J connectivity index is 1.41. The van der Waals surface area contributed by atoms with Gasteiger partial charge in [-0.15, -0.1) is 0 Å². The first kappa shape index (κ1) is 26.9. The van der Waals surface area contributed by atoms with Crippen LogP contribution in [0.5, 0.6) is 5.75 Å². The molecule has 0 aromatic heterocycles. The van der Waals surface area contributed by atoms with E-state index in [4.69, 9.17) is 27.9 Å². The van der Waals surface area contributed by atoms with Gasteiger partial charge in [-0.2, -0.15) is 5.10 Å². The van der Waals surface area contributed by atoms with Crippen LogP contribution in [0.2, 0.25) is 10.0 Å². The molecule has 4 aromatic carbocycles. The van der Waals surface area contributed by atoms with E-state index in [-0.39, 0.29) is 18.2 Å². The molecule has 2 N–H and O–H groups in total. The van der Waals surface area contributed by atoms with Gasteiger partial charge >= 0.3 is 0 Å². The van der Waals surface area contributed by atoms with Gasteiger partial charge < -0.3 is 10.1 Å². The maximum atomic E-state index is 12.8. The number of rotatable bonds is 10. The molecule has 0 bridgehead atoms. The van der Waals surface area contributed by atoms with Crippen LogP contribution < -0.4 is 15.5 Å². The second-order valence-electron chi connectivity index (χ2n) is 8.40. The third-order valence-corrected chi connectivity index (χ3v) is 6.05. The van der Waals surface area contributed by atoms with Crippen molar-refractivity contribution in [2.75, 3.05) is 0 Å². The van der Waals surface area contributed by atoms with Gasteiger partial charge in [0.25, 0.3) is 5.91 Å². The number of ether oxygens (including phenoxy) is 1. The number of carbonyl (C=O) groups excluding carboxylic acids is 2. The first-order chi connectivity index (χ1) is 18.5. The van der Waals surface area contributed by atoms with Gasteiger partial charge in [-0.1, -0.05) is 83.9 Å². The summed E-state index contributed by atoms with van der Waals surface area (Å²) in [5, 5.41) is 8.17. The van der Waals surface area contributed by atoms with Crippen molar-refractivity contribution in [1.82, 2.24) is 10.7 Å². The maximum Gasteiger partial charge on any atom is 0.251 e. The zero-order valence-corrected chi connectivity index (χ0v) is 21.8. The first-order valence-electron chi connectivity index (χ1n) is 11.9. The number of halogens is 2. The summed E-state index contributed by atoms with van der Waals surface area (Å²) in [6.45, 7) is 0.301. The third kappa shape index (κ3) is 7.93. The number of carbonyl (C=O) groups is 2. The van der Waals surface area contributed by atoms with Gasteiger partial charge in [0.05, 0.1) is 18.7 Å². The largest absolute Gasteiger partial charge is 0.488 e. The highest BCUT2D eigenvalue weighted by molar-refractivity contribution is 6.31. The molecule has 0 aliphatic carbocycles. The Morgan fingerprint density at radius 3 is 2.29 bits per heavy atom. The van der Waals surface area contributed by atoms with E-state index in [9.17, 15) is 9.59 Å². The van der Waals surface area contributed by atoms with E-state index in [1.807, 2.05) is 54.6 Å². The van der Waals surface area contributed by atoms with E-state index in [2.05, 4.69) is 15.8 Å². The van der Waals surface area contributed by atoms with Crippen LogP contribution in [0, 0.1) is 0 Å². The van der Waals surface area contributed by atoms with E-state index < -0.39 is 6.04 Å². The second-order valence-corrected chi connectivity index (χ2v) is 9.27. The van der Waals surface area contributed by atoms with Crippen LogP contribution in [0.1, 0.15) is 39.5 Å². The minimum absolute atomic E-state index is 0.00635. The summed E-state index contributed by atoms with van der Waals surface area (Å²) >= 11 is 12.2. The molecule has 0 unspecified atom stereocenters. The summed E-state index contributed by atoms with van der Waals surface area (Å²) in [5.41, 5.74) is 5.36. The molecular weight excluding hydrogens is 521 g/mol. The van der Waals surface area contributed by atoms with E-state index >= 15 is 0 Å². The zero-order valence-electron chi connectivity index (χ0n) is 20.3. The van der Waals surface area contributed by atoms with Crippen LogP contribution in [0.3, 0.4) is 0 Å². The molecule has 1 atom stereocenters. The van der Waals surface area contributed by atoms with Crippen LogP contribution in [-0.4, -0.2) is 18.0 Å². The van der Waals surface area contributed by atoms with Crippen molar-refractivity contribution in [3.8, 4) is 5.75 Å². The minimum atomic E-state index is -0.540. The molecule has 0 aliphatic rings. The normalized spacial score (nSPS) is 11.6. The second kappa shape index (κ2) is 13.4. The summed E-state index contributed by atoms with van der Waals surface area (Å²) in [4.78, 5) is 25.5. The van der Waals surface area contributed by atoms with E-state index in [1.165, 1.54) is 6.21 Å². The number of nitrogens with one attached hydrogen (secondary N) is 2. The molecule has 0 radical (unpaired) electrons. The highest BCUT2D eigenvalue weighted by atomic mass is 35.5. The number of nitrogens with zero attached hydrogens (tertiary/aromatic N) is 1. The molecule has 4 aromatic rings. The summed E-state index contributed by atoms with van der Waals surface area (Å²) in [6.07, 6.45) is 1.46. The van der Waals surface area contributed by atoms with Gasteiger partial charge in [-0.25, -0.2) is 5.43 Å². The van der Waals surface area contributed by atoms with Gasteiger partial charge in [0.1, 0.15) is 12.4 Å². The molecule has 38 heavy (non-hydrogen) atoms. The lowest BCUT2D eigenvalue weighted by Crippen LogP contribution is -2.32. The predicted octanol–water partition coefficient (Wildman–Crippen LogP) is 6.58. The Bertz CT molecular complexity index is 1410. The molecule has 0 spiro atoms. The highest BCUT2D eigenvalue weighted by Crippen LogP contribution is 2.23. The van der Waals surface area contributed by atoms with Gasteiger partial charge in [0, 0.05) is 21.2 Å². The van der Waals surface area contributed by atoms with E-state index in [0.717, 1.165) is 11.1 Å². The Morgan fingerprint density at radius 1 is 0.842 bits per heavy atom. The maximum absolute atomic E-state index is 12.8. The molecule has 192 valence electrons. The number of benzene rings is 4. The van der Waals surface area contributed by atoms with Crippen LogP contribution >= 0.6 is 23.2 Å². The van der Waals surface area contributed by atoms with Crippen molar-refractivity contribution in [2.45, 2.75) is 19.1 Å². The molecule has 2 amide bonds. The molecule has 4 rings (SSSR count). The summed E-state index contributed by atoms with van der Waals surface area (Å²) in [6, 6.07) is 30.2. The van der Waals surface area contributed by atoms with Crippen molar-refractivity contribution >= 4 is 41.2 Å². The van der Waals surface area contributed by atoms with Crippen LogP contribution in [0.15, 0.2) is 108 Å². The smallest absolute Gasteiger partial charge is 0.251 e. The third-order valence-electron chi connectivity index (χ3n) is 5.58. The quantitative estimate of drug-likeness (QED) is 0.174. The van der Waals surface area contributed by atoms with Crippen molar-refractivity contribution in [3.05, 3.63) is 135 Å². The Morgan fingerprint density at radius 2 is 1.55 bits per heavy atom. The lowest BCUT2D eigenvalue weighted by atomic mass is 10.0. The number of amides is 2. The van der Waals surface area contributed by atoms with Crippen LogP contribution in [0.4, 0.5) is 0 Å². The lowest BCUT2D eigenvalue weighted by Gasteiger charge is -2.18. The predicted molar refractivity (Wildman–Crippen MR) is 151 cm³/mol. The van der Waals surface area contributed by atoms with Crippen molar-refractivity contribution in [2.24, 2.45) is 5.10 Å². The van der Waals surface area contributed by atoms with Crippen molar-refractivity contribution < 1.29 is 14.3 Å². The Hall–Kier alpha value is -4.13. The molecule has 0 aliphatic heterocycles. The monoisotopic (exact) mass is 545 g/mol. The average Bonchev–Trinajstić information content (AvgIpc) is 2.93. The van der Waals surface area contributed by atoms with Gasteiger partial charge in [0.15, 0.2) is 0 Å². The molecule has 0 fully saturated rings. The van der Waals surface area contributed by atoms with Gasteiger partial charge in [0.2, 0.25) is 5.91 Å². The van der Waals surface area contributed by atoms with Crippen LogP contribution in [0.25, 0.3) is 0 Å². The summed E-state index contributed by atoms with van der Waals surface area (Å²) < 4.78 is 5.93.